The first-order chi connectivity index (χ1) is 22.4. The number of unbranched alkanes of at least 4 members (excludes halogenated alkanes) is 3. The normalized spacial score (nSPS) is 23.5. The molecule has 1 saturated heterocycles. The molecule has 0 bridgehead atoms. The van der Waals surface area contributed by atoms with Crippen LogP contribution in [0, 0.1) is 0 Å². The number of esters is 1. The molecule has 3 unspecified atom stereocenters. The number of ether oxygens (including phenoxy) is 5. The summed E-state index contributed by atoms with van der Waals surface area (Å²) in [5.41, 5.74) is -1.62. The van der Waals surface area contributed by atoms with Crippen LogP contribution in [0.2, 0.25) is 0 Å². The highest BCUT2D eigenvalue weighted by Gasteiger charge is 2.49. The molecule has 254 valence electrons. The number of aromatic hydroxyl groups is 5. The lowest BCUT2D eigenvalue weighted by atomic mass is 9.93. The highest BCUT2D eigenvalue weighted by Crippen LogP contribution is 2.46. The smallest absolute Gasteiger partial charge is 0.338 e. The molecule has 0 aromatic heterocycles. The van der Waals surface area contributed by atoms with E-state index in [9.17, 15) is 45.6 Å². The van der Waals surface area contributed by atoms with Crippen molar-refractivity contribution < 1.29 is 69.3 Å². The molecule has 2 aliphatic rings. The number of aliphatic hydroxyl groups is 3. The predicted molar refractivity (Wildman–Crippen MR) is 162 cm³/mol. The summed E-state index contributed by atoms with van der Waals surface area (Å²) < 4.78 is 28.7. The largest absolute Gasteiger partial charge is 0.508 e. The van der Waals surface area contributed by atoms with Gasteiger partial charge >= 0.3 is 5.97 Å². The Morgan fingerprint density at radius 1 is 0.957 bits per heavy atom. The van der Waals surface area contributed by atoms with E-state index in [4.69, 9.17) is 23.7 Å². The van der Waals surface area contributed by atoms with E-state index in [0.717, 1.165) is 31.4 Å². The Morgan fingerprint density at radius 3 is 2.36 bits per heavy atom. The number of aliphatic hydroxyl groups excluding tert-OH is 2. The molecule has 5 rings (SSSR count). The highest BCUT2D eigenvalue weighted by molar-refractivity contribution is 5.91. The molecule has 3 aromatic rings. The Bertz CT molecular complexity index is 1570. The number of fused-ring (bicyclic) bond motifs is 1. The molecule has 5 atom stereocenters. The number of carbonyl (C=O) groups is 1. The van der Waals surface area contributed by atoms with Gasteiger partial charge in [-0.25, -0.2) is 4.79 Å². The Morgan fingerprint density at radius 2 is 1.70 bits per heavy atom. The molecule has 0 amide bonds. The van der Waals surface area contributed by atoms with E-state index in [1.165, 1.54) is 30.3 Å². The molecule has 8 N–H and O–H groups in total. The maximum absolute atomic E-state index is 13.4. The second-order valence-corrected chi connectivity index (χ2v) is 11.6. The maximum Gasteiger partial charge on any atom is 0.338 e. The third-order valence-electron chi connectivity index (χ3n) is 8.09. The van der Waals surface area contributed by atoms with Crippen molar-refractivity contribution in [2.24, 2.45) is 0 Å². The summed E-state index contributed by atoms with van der Waals surface area (Å²) in [6.07, 6.45) is -1.79. The van der Waals surface area contributed by atoms with E-state index in [0.29, 0.717) is 6.42 Å². The highest BCUT2D eigenvalue weighted by atomic mass is 16.7. The molecule has 47 heavy (non-hydrogen) atoms. The third kappa shape index (κ3) is 7.20. The molecule has 0 saturated carbocycles. The van der Waals surface area contributed by atoms with Gasteiger partial charge in [-0.05, 0) is 30.7 Å². The van der Waals surface area contributed by atoms with Gasteiger partial charge in [0.15, 0.2) is 29.1 Å². The number of phenolic OH excluding ortho intramolecular Hbond substituents is 5. The van der Waals surface area contributed by atoms with Gasteiger partial charge in [0.1, 0.15) is 35.1 Å². The van der Waals surface area contributed by atoms with Gasteiger partial charge in [0.25, 0.3) is 0 Å². The van der Waals surface area contributed by atoms with E-state index in [1.807, 2.05) is 0 Å². The quantitative estimate of drug-likeness (QED) is 0.0796. The first kappa shape index (κ1) is 33.7. The van der Waals surface area contributed by atoms with Crippen LogP contribution in [0.5, 0.6) is 46.0 Å². The molecule has 1 fully saturated rings. The number of carbonyl (C=O) groups excluding carboxylic acids is 1. The molecule has 0 radical (unpaired) electrons. The summed E-state index contributed by atoms with van der Waals surface area (Å²) in [5, 5.41) is 82.0. The fourth-order valence-electron chi connectivity index (χ4n) is 5.43. The van der Waals surface area contributed by atoms with Gasteiger partial charge in [0.2, 0.25) is 12.0 Å². The van der Waals surface area contributed by atoms with Crippen LogP contribution in [0.15, 0.2) is 42.5 Å². The van der Waals surface area contributed by atoms with Crippen LogP contribution in [0.1, 0.15) is 60.2 Å². The fraction of sp³-hybridized carbons (Fsp3) is 0.424. The fourth-order valence-corrected chi connectivity index (χ4v) is 5.43. The van der Waals surface area contributed by atoms with Crippen LogP contribution in [-0.2, 0) is 15.9 Å². The topological polar surface area (TPSA) is 225 Å². The minimum absolute atomic E-state index is 0.0463. The zero-order valence-corrected chi connectivity index (χ0v) is 25.5. The summed E-state index contributed by atoms with van der Waals surface area (Å²) in [6, 6.07) is 8.55. The summed E-state index contributed by atoms with van der Waals surface area (Å²) in [5.74, 6) is -3.20. The first-order valence-corrected chi connectivity index (χ1v) is 15.2. The van der Waals surface area contributed by atoms with Crippen molar-refractivity contribution in [3.05, 3.63) is 59.2 Å². The van der Waals surface area contributed by atoms with Gasteiger partial charge in [-0.2, -0.15) is 0 Å². The summed E-state index contributed by atoms with van der Waals surface area (Å²) >= 11 is 0. The van der Waals surface area contributed by atoms with Gasteiger partial charge < -0.3 is 64.5 Å². The molecule has 14 heteroatoms. The van der Waals surface area contributed by atoms with Crippen molar-refractivity contribution in [3.63, 3.8) is 0 Å². The number of hydrogen-bond acceptors (Lipinski definition) is 14. The van der Waals surface area contributed by atoms with E-state index in [2.05, 4.69) is 6.92 Å². The SMILES string of the molecule is CCCCCCOc1c(O)cc(C(=O)O[C@H]2Cc3c(OC4OCC(O)(CO)C4O)cc(O)cc3O[C@@H]2c2ccc(O)c(O)c2)cc1O. The number of phenols is 5. The minimum Gasteiger partial charge on any atom is -0.508 e. The van der Waals surface area contributed by atoms with Gasteiger partial charge in [0.05, 0.1) is 25.4 Å². The molecule has 14 nitrogen and oxygen atoms in total. The standard InChI is InChI=1S/C33H38O14/c1-2-3-4-5-8-43-29-23(38)10-18(11-24(29)39)31(41)46-27-14-20-25(45-28(27)17-6-7-21(36)22(37)9-17)12-19(35)13-26(20)47-32-30(40)33(42,15-34)16-44-32/h6-7,9-13,27-28,30,32,34-40,42H,2-5,8,14-16H2,1H3/t27-,28+,30?,32?,33?/m0/s1. The second-order valence-electron chi connectivity index (χ2n) is 11.6. The van der Waals surface area contributed by atoms with E-state index >= 15 is 0 Å². The Balaban J connectivity index is 1.43. The lowest BCUT2D eigenvalue weighted by Crippen LogP contribution is -2.48. The monoisotopic (exact) mass is 658 g/mol. The minimum atomic E-state index is -1.98. The number of rotatable bonds is 12. The summed E-state index contributed by atoms with van der Waals surface area (Å²) in [7, 11) is 0. The van der Waals surface area contributed by atoms with Crippen LogP contribution >= 0.6 is 0 Å². The van der Waals surface area contributed by atoms with Crippen LogP contribution in [0.25, 0.3) is 0 Å². The Labute approximate surface area is 269 Å². The first-order valence-electron chi connectivity index (χ1n) is 15.2. The average Bonchev–Trinajstić information content (AvgIpc) is 3.32. The van der Waals surface area contributed by atoms with Crippen LogP contribution in [-0.4, -0.2) is 90.7 Å². The third-order valence-corrected chi connectivity index (χ3v) is 8.09. The lowest BCUT2D eigenvalue weighted by molar-refractivity contribution is -0.116. The van der Waals surface area contributed by atoms with Gasteiger partial charge in [-0.1, -0.05) is 32.3 Å². The molecule has 2 aliphatic heterocycles. The maximum atomic E-state index is 13.4. The van der Waals surface area contributed by atoms with Crippen molar-refractivity contribution >= 4 is 5.97 Å². The molecule has 0 aliphatic carbocycles. The van der Waals surface area contributed by atoms with Crippen LogP contribution < -0.4 is 14.2 Å². The lowest BCUT2D eigenvalue weighted by Gasteiger charge is -2.35. The number of hydrogen-bond donors (Lipinski definition) is 8. The summed E-state index contributed by atoms with van der Waals surface area (Å²) in [6.45, 7) is 1.10. The van der Waals surface area contributed by atoms with Gasteiger partial charge in [-0.15, -0.1) is 0 Å². The van der Waals surface area contributed by atoms with Crippen molar-refractivity contribution in [1.29, 1.82) is 0 Å². The molecular formula is C33H38O14. The van der Waals surface area contributed by atoms with Crippen molar-refractivity contribution in [3.8, 4) is 46.0 Å². The van der Waals surface area contributed by atoms with Crippen LogP contribution in [0.3, 0.4) is 0 Å². The Hall–Kier alpha value is -4.63. The average molecular weight is 659 g/mol. The predicted octanol–water partition coefficient (Wildman–Crippen LogP) is 2.89. The van der Waals surface area contributed by atoms with Crippen molar-refractivity contribution in [1.82, 2.24) is 0 Å². The van der Waals surface area contributed by atoms with Crippen molar-refractivity contribution in [2.45, 2.75) is 69.2 Å². The number of benzene rings is 3. The van der Waals surface area contributed by atoms with E-state index < -0.39 is 72.4 Å². The molecule has 3 aromatic carbocycles. The molecule has 2 heterocycles. The van der Waals surface area contributed by atoms with Gasteiger partial charge in [-0.3, -0.25) is 0 Å². The molecular weight excluding hydrogens is 620 g/mol. The second kappa shape index (κ2) is 14.0. The zero-order chi connectivity index (χ0) is 33.9. The molecule has 0 spiro atoms. The van der Waals surface area contributed by atoms with E-state index in [1.54, 1.807) is 0 Å². The van der Waals surface area contributed by atoms with Crippen molar-refractivity contribution in [2.75, 3.05) is 19.8 Å². The summed E-state index contributed by atoms with van der Waals surface area (Å²) in [4.78, 5) is 13.4. The Kier molecular flexibility index (Phi) is 10.1. The zero-order valence-electron chi connectivity index (χ0n) is 25.5. The van der Waals surface area contributed by atoms with Crippen LogP contribution in [0.4, 0.5) is 0 Å². The van der Waals surface area contributed by atoms with Gasteiger partial charge in [0, 0.05) is 29.7 Å². The van der Waals surface area contributed by atoms with E-state index in [-0.39, 0.29) is 52.7 Å².